The highest BCUT2D eigenvalue weighted by molar-refractivity contribution is 4.85. The zero-order valence-electron chi connectivity index (χ0n) is 7.61. The fourth-order valence-electron chi connectivity index (χ4n) is 0.889. The summed E-state index contributed by atoms with van der Waals surface area (Å²) in [5.74, 6) is 0. The highest BCUT2D eigenvalue weighted by Crippen LogP contribution is 2.13. The maximum atomic E-state index is 11.9. The van der Waals surface area contributed by atoms with Crippen molar-refractivity contribution < 1.29 is 39.4 Å². The fourth-order valence-corrected chi connectivity index (χ4v) is 0.889. The lowest BCUT2D eigenvalue weighted by Crippen LogP contribution is -2.51. The molecular weight excluding hydrogens is 218 g/mol. The quantitative estimate of drug-likeness (QED) is 0.291. The van der Waals surface area contributed by atoms with Gasteiger partial charge < -0.3 is 30.6 Å². The molecule has 0 aliphatic carbocycles. The van der Waals surface area contributed by atoms with Gasteiger partial charge in [-0.05, 0) is 0 Å². The number of aliphatic hydroxyl groups excluding tert-OH is 6. The van der Waals surface area contributed by atoms with E-state index in [1.807, 2.05) is 0 Å². The lowest BCUT2D eigenvalue weighted by atomic mass is 10.00. The standard InChI is InChI=1S/C7H14F2O6/c8-7(9)6(15)5(14)4(13)3(12)2(11)1-10/h2-7,10-15H,1H2/t2-,3+,4-,5+,6?/m0/s1. The number of hydrogen-bond donors (Lipinski definition) is 6. The van der Waals surface area contributed by atoms with E-state index in [-0.39, 0.29) is 0 Å². The molecule has 6 nitrogen and oxygen atoms in total. The van der Waals surface area contributed by atoms with E-state index in [0.717, 1.165) is 0 Å². The largest absolute Gasteiger partial charge is 0.394 e. The van der Waals surface area contributed by atoms with Crippen molar-refractivity contribution in [2.45, 2.75) is 36.9 Å². The fraction of sp³-hybridized carbons (Fsp3) is 1.00. The van der Waals surface area contributed by atoms with Crippen LogP contribution in [0.4, 0.5) is 8.78 Å². The van der Waals surface area contributed by atoms with Gasteiger partial charge in [0.2, 0.25) is 0 Å². The van der Waals surface area contributed by atoms with E-state index >= 15 is 0 Å². The summed E-state index contributed by atoms with van der Waals surface area (Å²) in [5, 5.41) is 52.8. The van der Waals surface area contributed by atoms with Crippen LogP contribution in [0.25, 0.3) is 0 Å². The Hall–Kier alpha value is -0.380. The molecule has 1 unspecified atom stereocenters. The maximum Gasteiger partial charge on any atom is 0.266 e. The van der Waals surface area contributed by atoms with E-state index < -0.39 is 43.6 Å². The van der Waals surface area contributed by atoms with Gasteiger partial charge in [0.05, 0.1) is 6.61 Å². The molecule has 0 aromatic heterocycles. The van der Waals surface area contributed by atoms with Crippen LogP contribution in [0, 0.1) is 0 Å². The van der Waals surface area contributed by atoms with Gasteiger partial charge in [-0.25, -0.2) is 8.78 Å². The molecule has 0 aromatic rings. The first kappa shape index (κ1) is 14.6. The van der Waals surface area contributed by atoms with E-state index in [2.05, 4.69) is 0 Å². The van der Waals surface area contributed by atoms with Crippen molar-refractivity contribution in [2.24, 2.45) is 0 Å². The third kappa shape index (κ3) is 3.93. The normalized spacial score (nSPS) is 22.2. The lowest BCUT2D eigenvalue weighted by Gasteiger charge is -2.27. The Labute approximate surface area is 84.0 Å². The summed E-state index contributed by atoms with van der Waals surface area (Å²) >= 11 is 0. The second kappa shape index (κ2) is 6.26. The number of halogens is 2. The minimum atomic E-state index is -3.30. The van der Waals surface area contributed by atoms with Crippen LogP contribution in [-0.4, -0.2) is 74.2 Å². The molecule has 15 heavy (non-hydrogen) atoms. The molecule has 0 aliphatic rings. The Bertz CT molecular complexity index is 181. The number of alkyl halides is 2. The first-order valence-electron chi connectivity index (χ1n) is 4.12. The second-order valence-electron chi connectivity index (χ2n) is 3.05. The van der Waals surface area contributed by atoms with E-state index in [4.69, 9.17) is 30.6 Å². The Morgan fingerprint density at radius 3 is 1.47 bits per heavy atom. The Morgan fingerprint density at radius 2 is 1.13 bits per heavy atom. The van der Waals surface area contributed by atoms with Crippen molar-refractivity contribution in [3.05, 3.63) is 0 Å². The van der Waals surface area contributed by atoms with Crippen LogP contribution in [0.2, 0.25) is 0 Å². The highest BCUT2D eigenvalue weighted by atomic mass is 19.3. The van der Waals surface area contributed by atoms with Crippen molar-refractivity contribution in [1.29, 1.82) is 0 Å². The summed E-state index contributed by atoms with van der Waals surface area (Å²) in [6.45, 7) is -0.921. The molecule has 0 aliphatic heterocycles. The van der Waals surface area contributed by atoms with Crippen LogP contribution in [0.3, 0.4) is 0 Å². The molecular formula is C7H14F2O6. The first-order chi connectivity index (χ1) is 6.82. The van der Waals surface area contributed by atoms with Gasteiger partial charge in [0.15, 0.2) is 0 Å². The molecule has 92 valence electrons. The smallest absolute Gasteiger partial charge is 0.266 e. The summed E-state index contributed by atoms with van der Waals surface area (Å²) in [6, 6.07) is 0. The predicted octanol–water partition coefficient (Wildman–Crippen LogP) is -2.95. The predicted molar refractivity (Wildman–Crippen MR) is 43.1 cm³/mol. The molecule has 0 saturated carbocycles. The molecule has 8 heteroatoms. The average Bonchev–Trinajstić information content (AvgIpc) is 2.23. The number of aliphatic hydroxyl groups is 6. The van der Waals surface area contributed by atoms with Gasteiger partial charge in [0, 0.05) is 0 Å². The highest BCUT2D eigenvalue weighted by Gasteiger charge is 2.37. The van der Waals surface area contributed by atoms with Crippen LogP contribution in [0.1, 0.15) is 0 Å². The summed E-state index contributed by atoms with van der Waals surface area (Å²) in [7, 11) is 0. The van der Waals surface area contributed by atoms with Crippen molar-refractivity contribution >= 4 is 0 Å². The van der Waals surface area contributed by atoms with E-state index in [1.165, 1.54) is 0 Å². The van der Waals surface area contributed by atoms with Crippen LogP contribution in [-0.2, 0) is 0 Å². The molecule has 0 rings (SSSR count). The molecule has 5 atom stereocenters. The number of hydrogen-bond acceptors (Lipinski definition) is 6. The Kier molecular flexibility index (Phi) is 6.10. The van der Waals surface area contributed by atoms with E-state index in [0.29, 0.717) is 0 Å². The van der Waals surface area contributed by atoms with Gasteiger partial charge in [0.25, 0.3) is 6.43 Å². The van der Waals surface area contributed by atoms with Gasteiger partial charge in [-0.15, -0.1) is 0 Å². The molecule has 0 amide bonds. The van der Waals surface area contributed by atoms with Gasteiger partial charge >= 0.3 is 0 Å². The third-order valence-electron chi connectivity index (χ3n) is 1.89. The van der Waals surface area contributed by atoms with E-state index in [9.17, 15) is 8.78 Å². The van der Waals surface area contributed by atoms with Crippen molar-refractivity contribution in [3.63, 3.8) is 0 Å². The maximum absolute atomic E-state index is 11.9. The monoisotopic (exact) mass is 232 g/mol. The van der Waals surface area contributed by atoms with Gasteiger partial charge in [0.1, 0.15) is 30.5 Å². The Morgan fingerprint density at radius 1 is 0.733 bits per heavy atom. The van der Waals surface area contributed by atoms with Crippen LogP contribution >= 0.6 is 0 Å². The van der Waals surface area contributed by atoms with Crippen molar-refractivity contribution in [3.8, 4) is 0 Å². The minimum absolute atomic E-state index is 0.921. The summed E-state index contributed by atoms with van der Waals surface area (Å²) in [6.07, 6.45) is -14.2. The minimum Gasteiger partial charge on any atom is -0.394 e. The van der Waals surface area contributed by atoms with Crippen LogP contribution in [0.5, 0.6) is 0 Å². The van der Waals surface area contributed by atoms with Crippen LogP contribution < -0.4 is 0 Å². The summed E-state index contributed by atoms with van der Waals surface area (Å²) in [5.41, 5.74) is 0. The van der Waals surface area contributed by atoms with Crippen LogP contribution in [0.15, 0.2) is 0 Å². The molecule has 0 bridgehead atoms. The average molecular weight is 232 g/mol. The molecule has 6 N–H and O–H groups in total. The zero-order chi connectivity index (χ0) is 12.2. The summed E-state index contributed by atoms with van der Waals surface area (Å²) in [4.78, 5) is 0. The summed E-state index contributed by atoms with van der Waals surface area (Å²) < 4.78 is 23.7. The molecule has 0 aromatic carbocycles. The first-order valence-corrected chi connectivity index (χ1v) is 4.12. The zero-order valence-corrected chi connectivity index (χ0v) is 7.61. The molecule has 0 saturated heterocycles. The molecule has 0 fully saturated rings. The van der Waals surface area contributed by atoms with Crippen molar-refractivity contribution in [2.75, 3.05) is 6.61 Å². The SMILES string of the molecule is OC[C@H](O)[C@@H](O)[C@H](O)[C@@H](O)C(O)C(F)F. The number of rotatable bonds is 6. The lowest BCUT2D eigenvalue weighted by molar-refractivity contribution is -0.163. The van der Waals surface area contributed by atoms with Crippen molar-refractivity contribution in [1.82, 2.24) is 0 Å². The molecule has 0 heterocycles. The van der Waals surface area contributed by atoms with Gasteiger partial charge in [-0.3, -0.25) is 0 Å². The molecule has 0 spiro atoms. The Balaban J connectivity index is 4.36. The van der Waals surface area contributed by atoms with E-state index in [1.54, 1.807) is 0 Å². The van der Waals surface area contributed by atoms with Gasteiger partial charge in [-0.2, -0.15) is 0 Å². The third-order valence-corrected chi connectivity index (χ3v) is 1.89. The molecule has 0 radical (unpaired) electrons. The van der Waals surface area contributed by atoms with Gasteiger partial charge in [-0.1, -0.05) is 0 Å². The second-order valence-corrected chi connectivity index (χ2v) is 3.05. The topological polar surface area (TPSA) is 121 Å².